The topological polar surface area (TPSA) is 176 Å². The molecule has 0 bridgehead atoms. The number of phenols is 2. The van der Waals surface area contributed by atoms with Gasteiger partial charge >= 0.3 is 5.69 Å². The smallest absolute Gasteiger partial charge is 0.315 e. The number of hydrogen-bond acceptors (Lipinski definition) is 8. The number of benzene rings is 1. The Balaban J connectivity index is 2.68. The van der Waals surface area contributed by atoms with Crippen molar-refractivity contribution < 1.29 is 20.2 Å². The van der Waals surface area contributed by atoms with Crippen LogP contribution in [0.15, 0.2) is 22.1 Å². The van der Waals surface area contributed by atoms with Gasteiger partial charge in [0.15, 0.2) is 5.75 Å². The molecule has 0 unspecified atom stereocenters. The minimum absolute atomic E-state index is 0.169. The van der Waals surface area contributed by atoms with Gasteiger partial charge in [-0.25, -0.2) is 9.98 Å². The van der Waals surface area contributed by atoms with Gasteiger partial charge in [0.1, 0.15) is 17.9 Å². The summed E-state index contributed by atoms with van der Waals surface area (Å²) < 4.78 is 0. The Morgan fingerprint density at radius 3 is 2.45 bits per heavy atom. The van der Waals surface area contributed by atoms with Crippen LogP contribution in [0.5, 0.6) is 11.5 Å². The summed E-state index contributed by atoms with van der Waals surface area (Å²) in [5.41, 5.74) is -3.23. The van der Waals surface area contributed by atoms with E-state index in [2.05, 4.69) is 9.98 Å². The molecule has 0 aliphatic carbocycles. The fraction of sp³-hybridized carbons (Fsp3) is 0.167. The predicted molar refractivity (Wildman–Crippen MR) is 71.9 cm³/mol. The zero-order valence-corrected chi connectivity index (χ0v) is 10.8. The van der Waals surface area contributed by atoms with Crippen LogP contribution in [0.2, 0.25) is 0 Å². The molecule has 0 radical (unpaired) electrons. The first-order valence-corrected chi connectivity index (χ1v) is 5.70. The molecule has 0 saturated carbocycles. The van der Waals surface area contributed by atoms with Crippen molar-refractivity contribution in [3.05, 3.63) is 27.8 Å². The molecule has 110 valence electrons. The molecule has 0 atom stereocenters. The number of hydrogen-bond donors (Lipinski definition) is 3. The summed E-state index contributed by atoms with van der Waals surface area (Å²) in [6.45, 7) is -0.387. The van der Waals surface area contributed by atoms with Crippen LogP contribution in [0.3, 0.4) is 0 Å². The maximum atomic E-state index is 10.8. The van der Waals surface area contributed by atoms with Crippen LogP contribution in [0.4, 0.5) is 5.69 Å². The van der Waals surface area contributed by atoms with Crippen LogP contribution in [0.25, 0.3) is 0 Å². The quantitative estimate of drug-likeness (QED) is 0.405. The highest BCUT2D eigenvalue weighted by atomic mass is 16.6. The van der Waals surface area contributed by atoms with Crippen molar-refractivity contribution in [2.24, 2.45) is 9.98 Å². The van der Waals surface area contributed by atoms with Gasteiger partial charge in [-0.05, 0) is 6.07 Å². The lowest BCUT2D eigenvalue weighted by Crippen LogP contribution is -2.35. The third kappa shape index (κ3) is 2.25. The Bertz CT molecular complexity index is 800. The summed E-state index contributed by atoms with van der Waals surface area (Å²) in [4.78, 5) is 17.2. The number of aliphatic hydroxyl groups is 1. The van der Waals surface area contributed by atoms with Gasteiger partial charge < -0.3 is 15.3 Å². The van der Waals surface area contributed by atoms with E-state index < -0.39 is 33.5 Å². The predicted octanol–water partition coefficient (Wildman–Crippen LogP) is 0.551. The van der Waals surface area contributed by atoms with Crippen LogP contribution >= 0.6 is 0 Å². The number of aliphatic imine (C=N–C) groups is 2. The summed E-state index contributed by atoms with van der Waals surface area (Å²) in [6.07, 6.45) is 0. The van der Waals surface area contributed by atoms with Crippen molar-refractivity contribution in [2.45, 2.75) is 5.54 Å². The van der Waals surface area contributed by atoms with E-state index in [4.69, 9.17) is 10.5 Å². The molecule has 2 rings (SSSR count). The number of rotatable bonds is 2. The van der Waals surface area contributed by atoms with Crippen molar-refractivity contribution in [3.8, 4) is 23.6 Å². The van der Waals surface area contributed by atoms with Gasteiger partial charge in [-0.1, -0.05) is 0 Å². The molecule has 22 heavy (non-hydrogen) atoms. The fourth-order valence-electron chi connectivity index (χ4n) is 1.76. The van der Waals surface area contributed by atoms with E-state index in [1.165, 1.54) is 0 Å². The van der Waals surface area contributed by atoms with Gasteiger partial charge in [0.25, 0.3) is 5.54 Å². The Labute approximate surface area is 122 Å². The molecule has 10 heteroatoms. The van der Waals surface area contributed by atoms with E-state index in [0.29, 0.717) is 0 Å². The molecular formula is C12H7N5O5. The van der Waals surface area contributed by atoms with Crippen LogP contribution in [0.1, 0.15) is 5.56 Å². The highest BCUT2D eigenvalue weighted by Gasteiger charge is 2.35. The summed E-state index contributed by atoms with van der Waals surface area (Å²) in [7, 11) is 0. The largest absolute Gasteiger partial charge is 0.504 e. The second-order valence-electron chi connectivity index (χ2n) is 4.30. The Morgan fingerprint density at radius 1 is 1.27 bits per heavy atom. The van der Waals surface area contributed by atoms with Gasteiger partial charge in [-0.3, -0.25) is 10.1 Å². The molecule has 0 spiro atoms. The van der Waals surface area contributed by atoms with Crippen LogP contribution in [0, 0.1) is 32.8 Å². The van der Waals surface area contributed by atoms with E-state index in [1.807, 2.05) is 0 Å². The Kier molecular flexibility index (Phi) is 3.37. The standard InChI is InChI=1S/C12H7N5O5/c13-3-12(4-14)5-15-11(20)9(16-12)6-1-7(17(21)22)10(19)8(18)2-6/h1-2,18-19H,5H2,(H,15,20). The van der Waals surface area contributed by atoms with Crippen molar-refractivity contribution in [1.29, 1.82) is 10.5 Å². The zero-order chi connectivity index (χ0) is 16.5. The first kappa shape index (κ1) is 14.7. The molecule has 0 amide bonds. The number of nitriles is 2. The van der Waals surface area contributed by atoms with E-state index in [-0.39, 0.29) is 17.8 Å². The molecule has 1 heterocycles. The van der Waals surface area contributed by atoms with Gasteiger partial charge in [0.05, 0.1) is 11.5 Å². The van der Waals surface area contributed by atoms with E-state index in [0.717, 1.165) is 12.1 Å². The molecule has 0 aromatic heterocycles. The molecule has 0 fully saturated rings. The number of nitro groups is 1. The van der Waals surface area contributed by atoms with Gasteiger partial charge in [0, 0.05) is 11.6 Å². The van der Waals surface area contributed by atoms with Crippen molar-refractivity contribution in [3.63, 3.8) is 0 Å². The van der Waals surface area contributed by atoms with E-state index >= 15 is 0 Å². The normalized spacial score (nSPS) is 15.9. The first-order valence-electron chi connectivity index (χ1n) is 5.70. The second kappa shape index (κ2) is 5.03. The van der Waals surface area contributed by atoms with Gasteiger partial charge in [-0.2, -0.15) is 10.5 Å². The van der Waals surface area contributed by atoms with Crippen LogP contribution in [-0.4, -0.2) is 43.9 Å². The monoisotopic (exact) mass is 301 g/mol. The van der Waals surface area contributed by atoms with Crippen molar-refractivity contribution in [2.75, 3.05) is 6.54 Å². The third-order valence-electron chi connectivity index (χ3n) is 2.88. The SMILES string of the molecule is N#CC1(C#N)CN=C(O)C(c2cc(O)c(O)c([N+](=O)[O-])c2)=N1. The molecule has 3 N–H and O–H groups in total. The molecular weight excluding hydrogens is 294 g/mol. The van der Waals surface area contributed by atoms with Crippen molar-refractivity contribution in [1.82, 2.24) is 0 Å². The fourth-order valence-corrected chi connectivity index (χ4v) is 1.76. The maximum Gasteiger partial charge on any atom is 0.315 e. The average molecular weight is 301 g/mol. The summed E-state index contributed by atoms with van der Waals surface area (Å²) in [6, 6.07) is 5.01. The molecule has 1 aromatic carbocycles. The molecule has 1 aliphatic heterocycles. The summed E-state index contributed by atoms with van der Waals surface area (Å²) >= 11 is 0. The van der Waals surface area contributed by atoms with Gasteiger partial charge in [0.2, 0.25) is 11.6 Å². The van der Waals surface area contributed by atoms with Crippen LogP contribution < -0.4 is 0 Å². The van der Waals surface area contributed by atoms with Crippen molar-refractivity contribution >= 4 is 17.3 Å². The Morgan fingerprint density at radius 2 is 1.91 bits per heavy atom. The first-order chi connectivity index (χ1) is 10.3. The summed E-state index contributed by atoms with van der Waals surface area (Å²) in [5, 5.41) is 57.5. The number of nitrogens with zero attached hydrogens (tertiary/aromatic N) is 5. The Hall–Kier alpha value is -3.66. The zero-order valence-electron chi connectivity index (χ0n) is 10.8. The number of nitro benzene ring substituents is 1. The second-order valence-corrected chi connectivity index (χ2v) is 4.30. The number of aliphatic hydroxyl groups excluding tert-OH is 1. The molecule has 1 aliphatic rings. The number of phenolic OH excluding ortho intramolecular Hbond substituents is 2. The molecule has 0 saturated heterocycles. The van der Waals surface area contributed by atoms with Gasteiger partial charge in [-0.15, -0.1) is 0 Å². The lowest BCUT2D eigenvalue weighted by Gasteiger charge is -2.18. The lowest BCUT2D eigenvalue weighted by molar-refractivity contribution is -0.386. The maximum absolute atomic E-state index is 10.8. The third-order valence-corrected chi connectivity index (χ3v) is 2.88. The average Bonchev–Trinajstić information content (AvgIpc) is 2.50. The lowest BCUT2D eigenvalue weighted by atomic mass is 10.00. The van der Waals surface area contributed by atoms with Crippen LogP contribution in [-0.2, 0) is 0 Å². The van der Waals surface area contributed by atoms with E-state index in [9.17, 15) is 25.4 Å². The highest BCUT2D eigenvalue weighted by Crippen LogP contribution is 2.36. The van der Waals surface area contributed by atoms with E-state index in [1.54, 1.807) is 12.1 Å². The minimum Gasteiger partial charge on any atom is -0.504 e. The highest BCUT2D eigenvalue weighted by molar-refractivity contribution is 6.45. The number of aromatic hydroxyl groups is 2. The molecule has 1 aromatic rings. The summed E-state index contributed by atoms with van der Waals surface area (Å²) in [5.74, 6) is -2.40. The molecule has 10 nitrogen and oxygen atoms in total. The minimum atomic E-state index is -1.87.